The van der Waals surface area contributed by atoms with Crippen molar-refractivity contribution < 1.29 is 9.90 Å². The molecule has 4 rings (SSSR count). The van der Waals surface area contributed by atoms with E-state index in [1.54, 1.807) is 53.8 Å². The van der Waals surface area contributed by atoms with Gasteiger partial charge in [-0.25, -0.2) is 14.8 Å². The first-order valence-corrected chi connectivity index (χ1v) is 7.53. The summed E-state index contributed by atoms with van der Waals surface area (Å²) in [5, 5.41) is 9.48. The second kappa shape index (κ2) is 5.98. The van der Waals surface area contributed by atoms with Crippen molar-refractivity contribution in [1.29, 1.82) is 0 Å². The van der Waals surface area contributed by atoms with Crippen LogP contribution in [0, 0.1) is 11.8 Å². The van der Waals surface area contributed by atoms with E-state index in [-0.39, 0.29) is 5.56 Å². The van der Waals surface area contributed by atoms with Gasteiger partial charge in [-0.2, -0.15) is 0 Å². The minimum atomic E-state index is -0.995. The number of fused-ring (bicyclic) bond motifs is 1. The summed E-state index contributed by atoms with van der Waals surface area (Å²) in [5.41, 5.74) is 2.66. The van der Waals surface area contributed by atoms with Crippen LogP contribution in [0.4, 0.5) is 0 Å². The highest BCUT2D eigenvalue weighted by atomic mass is 16.4. The van der Waals surface area contributed by atoms with Gasteiger partial charge in [-0.1, -0.05) is 12.0 Å². The van der Waals surface area contributed by atoms with E-state index in [4.69, 9.17) is 0 Å². The van der Waals surface area contributed by atoms with Crippen LogP contribution < -0.4 is 0 Å². The van der Waals surface area contributed by atoms with Gasteiger partial charge < -0.3 is 14.1 Å². The highest BCUT2D eigenvalue weighted by molar-refractivity contribution is 5.93. The normalized spacial score (nSPS) is 10.4. The average Bonchev–Trinajstić information content (AvgIpc) is 3.30. The molecule has 0 saturated heterocycles. The summed E-state index contributed by atoms with van der Waals surface area (Å²) in [6.07, 6.45) is 10.5. The molecule has 0 saturated carbocycles. The number of nitrogens with zero attached hydrogens (tertiary/aromatic N) is 4. The third kappa shape index (κ3) is 2.75. The highest BCUT2D eigenvalue weighted by Gasteiger charge is 2.14. The van der Waals surface area contributed by atoms with Crippen LogP contribution in [-0.4, -0.2) is 30.0 Å². The van der Waals surface area contributed by atoms with Crippen LogP contribution in [0.25, 0.3) is 11.3 Å². The molecule has 3 heterocycles. The maximum atomic E-state index is 11.6. The quantitative estimate of drug-likeness (QED) is 0.574. The lowest BCUT2D eigenvalue weighted by Crippen LogP contribution is -2.06. The van der Waals surface area contributed by atoms with Crippen molar-refractivity contribution in [1.82, 2.24) is 18.9 Å². The molecular formula is C19H12N4O2. The van der Waals surface area contributed by atoms with E-state index in [1.807, 2.05) is 22.7 Å². The standard InChI is InChI=1S/C19H12N4O2/c24-19(25)16-5-3-4-14(18(16)22-9-1-2-10-22)6-7-15-13-23-11-8-20-17(23)12-21-15/h1-5,8-13H,(H,24,25). The Morgan fingerprint density at radius 2 is 1.88 bits per heavy atom. The fourth-order valence-electron chi connectivity index (χ4n) is 2.60. The first-order chi connectivity index (χ1) is 12.2. The van der Waals surface area contributed by atoms with E-state index in [2.05, 4.69) is 21.8 Å². The van der Waals surface area contributed by atoms with Crippen LogP contribution in [0.15, 0.2) is 67.5 Å². The molecule has 1 aromatic carbocycles. The van der Waals surface area contributed by atoms with Crippen molar-refractivity contribution in [3.05, 3.63) is 84.3 Å². The average molecular weight is 328 g/mol. The number of aromatic carboxylic acids is 1. The Morgan fingerprint density at radius 3 is 2.68 bits per heavy atom. The monoisotopic (exact) mass is 328 g/mol. The Kier molecular flexibility index (Phi) is 3.52. The van der Waals surface area contributed by atoms with E-state index < -0.39 is 5.97 Å². The Balaban J connectivity index is 1.83. The van der Waals surface area contributed by atoms with Gasteiger partial charge in [0.15, 0.2) is 5.65 Å². The lowest BCUT2D eigenvalue weighted by atomic mass is 10.1. The van der Waals surface area contributed by atoms with Gasteiger partial charge in [-0.05, 0) is 30.2 Å². The van der Waals surface area contributed by atoms with Crippen LogP contribution in [-0.2, 0) is 0 Å². The lowest BCUT2D eigenvalue weighted by Gasteiger charge is -2.10. The van der Waals surface area contributed by atoms with Gasteiger partial charge in [0.2, 0.25) is 0 Å². The number of carboxylic acid groups (broad SMARTS) is 1. The Bertz CT molecular complexity index is 1130. The maximum Gasteiger partial charge on any atom is 0.337 e. The zero-order chi connectivity index (χ0) is 17.2. The first-order valence-electron chi connectivity index (χ1n) is 7.53. The summed E-state index contributed by atoms with van der Waals surface area (Å²) < 4.78 is 3.58. The van der Waals surface area contributed by atoms with E-state index in [1.165, 1.54) is 0 Å². The van der Waals surface area contributed by atoms with Crippen LogP contribution in [0.3, 0.4) is 0 Å². The number of imidazole rings is 1. The Hall–Kier alpha value is -3.85. The fourth-order valence-corrected chi connectivity index (χ4v) is 2.60. The number of hydrogen-bond acceptors (Lipinski definition) is 3. The molecule has 0 fully saturated rings. The molecule has 0 amide bonds. The number of carboxylic acids is 1. The molecule has 25 heavy (non-hydrogen) atoms. The number of para-hydroxylation sites is 1. The fraction of sp³-hybridized carbons (Fsp3) is 0. The van der Waals surface area contributed by atoms with Gasteiger partial charge in [0, 0.05) is 36.5 Å². The van der Waals surface area contributed by atoms with E-state index in [0.717, 1.165) is 5.65 Å². The van der Waals surface area contributed by atoms with Crippen LogP contribution >= 0.6 is 0 Å². The zero-order valence-corrected chi connectivity index (χ0v) is 13.0. The van der Waals surface area contributed by atoms with Crippen molar-refractivity contribution in [2.75, 3.05) is 0 Å². The summed E-state index contributed by atoms with van der Waals surface area (Å²) in [4.78, 5) is 20.0. The van der Waals surface area contributed by atoms with Gasteiger partial charge in [0.1, 0.15) is 5.69 Å². The SMILES string of the molecule is O=C(O)c1cccc(C#Cc2cn3ccnc3cn2)c1-n1cccc1. The van der Waals surface area contributed by atoms with Crippen molar-refractivity contribution >= 4 is 11.6 Å². The number of benzene rings is 1. The highest BCUT2D eigenvalue weighted by Crippen LogP contribution is 2.20. The number of rotatable bonds is 2. The predicted molar refractivity (Wildman–Crippen MR) is 91.7 cm³/mol. The van der Waals surface area contributed by atoms with Gasteiger partial charge in [0.25, 0.3) is 0 Å². The molecule has 1 N–H and O–H groups in total. The second-order valence-corrected chi connectivity index (χ2v) is 5.31. The van der Waals surface area contributed by atoms with Gasteiger partial charge in [-0.3, -0.25) is 0 Å². The molecule has 3 aromatic heterocycles. The van der Waals surface area contributed by atoms with E-state index in [9.17, 15) is 9.90 Å². The lowest BCUT2D eigenvalue weighted by molar-refractivity contribution is 0.0697. The van der Waals surface area contributed by atoms with Gasteiger partial charge in [0.05, 0.1) is 17.4 Å². The smallest absolute Gasteiger partial charge is 0.337 e. The summed E-state index contributed by atoms with van der Waals surface area (Å²) in [7, 11) is 0. The molecule has 0 unspecified atom stereocenters. The third-order valence-electron chi connectivity index (χ3n) is 3.73. The molecule has 6 heteroatoms. The molecule has 0 aliphatic carbocycles. The Morgan fingerprint density at radius 1 is 1.04 bits per heavy atom. The molecule has 120 valence electrons. The van der Waals surface area contributed by atoms with Gasteiger partial charge >= 0.3 is 5.97 Å². The molecule has 0 aliphatic heterocycles. The van der Waals surface area contributed by atoms with Crippen LogP contribution in [0.1, 0.15) is 21.6 Å². The largest absolute Gasteiger partial charge is 0.478 e. The molecule has 0 spiro atoms. The second-order valence-electron chi connectivity index (χ2n) is 5.31. The molecule has 0 bridgehead atoms. The molecule has 0 aliphatic rings. The van der Waals surface area contributed by atoms with Gasteiger partial charge in [-0.15, -0.1) is 0 Å². The topological polar surface area (TPSA) is 72.4 Å². The summed E-state index contributed by atoms with van der Waals surface area (Å²) in [6.45, 7) is 0. The van der Waals surface area contributed by atoms with Crippen LogP contribution in [0.5, 0.6) is 0 Å². The van der Waals surface area contributed by atoms with Crippen molar-refractivity contribution in [3.8, 4) is 17.5 Å². The number of hydrogen-bond donors (Lipinski definition) is 1. The van der Waals surface area contributed by atoms with Crippen molar-refractivity contribution in [2.24, 2.45) is 0 Å². The summed E-state index contributed by atoms with van der Waals surface area (Å²) in [6, 6.07) is 8.73. The summed E-state index contributed by atoms with van der Waals surface area (Å²) in [5.74, 6) is 5.04. The first kappa shape index (κ1) is 14.7. The zero-order valence-electron chi connectivity index (χ0n) is 13.0. The molecule has 0 atom stereocenters. The van der Waals surface area contributed by atoms with E-state index >= 15 is 0 Å². The molecule has 6 nitrogen and oxygen atoms in total. The number of carbonyl (C=O) groups is 1. The Labute approximate surface area is 143 Å². The molecule has 4 aromatic rings. The summed E-state index contributed by atoms with van der Waals surface area (Å²) >= 11 is 0. The maximum absolute atomic E-state index is 11.6. The predicted octanol–water partition coefficient (Wildman–Crippen LogP) is 2.62. The number of aromatic nitrogens is 4. The minimum Gasteiger partial charge on any atom is -0.478 e. The van der Waals surface area contributed by atoms with Crippen LogP contribution in [0.2, 0.25) is 0 Å². The minimum absolute atomic E-state index is 0.195. The van der Waals surface area contributed by atoms with Crippen molar-refractivity contribution in [2.45, 2.75) is 0 Å². The van der Waals surface area contributed by atoms with Crippen molar-refractivity contribution in [3.63, 3.8) is 0 Å². The third-order valence-corrected chi connectivity index (χ3v) is 3.73. The molecule has 0 radical (unpaired) electrons. The van der Waals surface area contributed by atoms with E-state index in [0.29, 0.717) is 16.9 Å². The molecular weight excluding hydrogens is 316 g/mol.